The fourth-order valence-electron chi connectivity index (χ4n) is 3.10. The first-order valence-corrected chi connectivity index (χ1v) is 11.6. The molecule has 0 saturated carbocycles. The van der Waals surface area contributed by atoms with Crippen LogP contribution >= 0.6 is 0 Å². The van der Waals surface area contributed by atoms with Crippen LogP contribution in [0.15, 0.2) is 0 Å². The standard InChI is InChI=1S/C19H40O4S/c1-3-5-7-9-11-12-14-18(20)16-17-19(24(21,22)23)15-13-10-8-6-4-2/h18-20H,3-17H2,1-2H3,(H,21,22,23). The van der Waals surface area contributed by atoms with E-state index in [9.17, 15) is 18.1 Å². The predicted octanol–water partition coefficient (Wildman–Crippen LogP) is 5.50. The van der Waals surface area contributed by atoms with E-state index in [2.05, 4.69) is 13.8 Å². The summed E-state index contributed by atoms with van der Waals surface area (Å²) in [5, 5.41) is 9.32. The highest BCUT2D eigenvalue weighted by Crippen LogP contribution is 2.19. The van der Waals surface area contributed by atoms with Gasteiger partial charge >= 0.3 is 0 Å². The number of hydrogen-bond donors (Lipinski definition) is 2. The van der Waals surface area contributed by atoms with Crippen molar-refractivity contribution in [3.63, 3.8) is 0 Å². The summed E-state index contributed by atoms with van der Waals surface area (Å²) >= 11 is 0. The molecular formula is C19H40O4S. The van der Waals surface area contributed by atoms with Crippen LogP contribution in [0.25, 0.3) is 0 Å². The van der Waals surface area contributed by atoms with Crippen molar-refractivity contribution >= 4 is 10.1 Å². The molecule has 2 unspecified atom stereocenters. The van der Waals surface area contributed by atoms with Gasteiger partial charge in [0.15, 0.2) is 0 Å². The van der Waals surface area contributed by atoms with Gasteiger partial charge < -0.3 is 5.11 Å². The monoisotopic (exact) mass is 364 g/mol. The molecule has 0 rings (SSSR count). The Morgan fingerprint density at radius 1 is 0.667 bits per heavy atom. The molecule has 24 heavy (non-hydrogen) atoms. The minimum atomic E-state index is -4.00. The van der Waals surface area contributed by atoms with E-state index in [1.165, 1.54) is 32.1 Å². The van der Waals surface area contributed by atoms with E-state index in [-0.39, 0.29) is 0 Å². The van der Waals surface area contributed by atoms with E-state index in [1.54, 1.807) is 0 Å². The second kappa shape index (κ2) is 15.2. The van der Waals surface area contributed by atoms with Crippen LogP contribution in [0.1, 0.15) is 110 Å². The molecular weight excluding hydrogens is 324 g/mol. The summed E-state index contributed by atoms with van der Waals surface area (Å²) in [5.41, 5.74) is 0. The zero-order valence-corrected chi connectivity index (χ0v) is 16.7. The minimum Gasteiger partial charge on any atom is -0.393 e. The highest BCUT2D eigenvalue weighted by Gasteiger charge is 2.23. The summed E-state index contributed by atoms with van der Waals surface area (Å²) in [4.78, 5) is 0. The average Bonchev–Trinajstić information content (AvgIpc) is 2.52. The van der Waals surface area contributed by atoms with Gasteiger partial charge in [0.05, 0.1) is 11.4 Å². The molecule has 0 bridgehead atoms. The molecule has 0 aliphatic heterocycles. The predicted molar refractivity (Wildman–Crippen MR) is 102 cm³/mol. The lowest BCUT2D eigenvalue weighted by atomic mass is 10.0. The Morgan fingerprint density at radius 3 is 1.62 bits per heavy atom. The van der Waals surface area contributed by atoms with Crippen LogP contribution in [0.2, 0.25) is 0 Å². The molecule has 0 saturated heterocycles. The Bertz CT molecular complexity index is 368. The van der Waals surface area contributed by atoms with Crippen LogP contribution in [0, 0.1) is 0 Å². The minimum absolute atomic E-state index is 0.365. The first kappa shape index (κ1) is 23.9. The molecule has 5 heteroatoms. The van der Waals surface area contributed by atoms with Crippen LogP contribution < -0.4 is 0 Å². The van der Waals surface area contributed by atoms with Gasteiger partial charge in [-0.05, 0) is 25.7 Å². The lowest BCUT2D eigenvalue weighted by Gasteiger charge is -2.16. The third-order valence-corrected chi connectivity index (χ3v) is 6.08. The van der Waals surface area contributed by atoms with Crippen molar-refractivity contribution in [1.29, 1.82) is 0 Å². The number of hydrogen-bond acceptors (Lipinski definition) is 3. The lowest BCUT2D eigenvalue weighted by Crippen LogP contribution is -2.22. The molecule has 0 spiro atoms. The van der Waals surface area contributed by atoms with Crippen molar-refractivity contribution in [3.8, 4) is 0 Å². The fourth-order valence-corrected chi connectivity index (χ4v) is 4.00. The van der Waals surface area contributed by atoms with Crippen LogP contribution in [-0.2, 0) is 10.1 Å². The molecule has 2 N–H and O–H groups in total. The Morgan fingerprint density at radius 2 is 1.12 bits per heavy atom. The van der Waals surface area contributed by atoms with Crippen molar-refractivity contribution in [1.82, 2.24) is 0 Å². The molecule has 2 atom stereocenters. The largest absolute Gasteiger partial charge is 0.393 e. The van der Waals surface area contributed by atoms with Crippen molar-refractivity contribution in [2.75, 3.05) is 0 Å². The van der Waals surface area contributed by atoms with E-state index in [4.69, 9.17) is 0 Å². The highest BCUT2D eigenvalue weighted by molar-refractivity contribution is 7.86. The molecule has 0 aromatic carbocycles. The highest BCUT2D eigenvalue weighted by atomic mass is 32.2. The maximum absolute atomic E-state index is 11.5. The third-order valence-electron chi connectivity index (χ3n) is 4.76. The van der Waals surface area contributed by atoms with Gasteiger partial charge in [-0.25, -0.2) is 0 Å². The van der Waals surface area contributed by atoms with Crippen molar-refractivity contribution in [2.24, 2.45) is 0 Å². The van der Waals surface area contributed by atoms with E-state index >= 15 is 0 Å². The smallest absolute Gasteiger partial charge is 0.267 e. The lowest BCUT2D eigenvalue weighted by molar-refractivity contribution is 0.147. The zero-order chi connectivity index (χ0) is 18.3. The molecule has 0 amide bonds. The molecule has 0 aromatic rings. The van der Waals surface area contributed by atoms with Gasteiger partial charge in [-0.15, -0.1) is 0 Å². The van der Waals surface area contributed by atoms with E-state index in [1.807, 2.05) is 0 Å². The van der Waals surface area contributed by atoms with Gasteiger partial charge in [-0.3, -0.25) is 4.55 Å². The molecule has 0 heterocycles. The maximum Gasteiger partial charge on any atom is 0.267 e. The number of aliphatic hydroxyl groups excluding tert-OH is 1. The maximum atomic E-state index is 11.5. The summed E-state index contributed by atoms with van der Waals surface area (Å²) in [5.74, 6) is 0. The van der Waals surface area contributed by atoms with Gasteiger partial charge in [-0.1, -0.05) is 84.5 Å². The Balaban J connectivity index is 3.91. The first-order valence-electron chi connectivity index (χ1n) is 10.1. The number of aliphatic hydroxyl groups is 1. The quantitative estimate of drug-likeness (QED) is 0.264. The van der Waals surface area contributed by atoms with Gasteiger partial charge in [-0.2, -0.15) is 8.42 Å². The second-order valence-corrected chi connectivity index (χ2v) is 8.82. The summed E-state index contributed by atoms with van der Waals surface area (Å²) in [6.45, 7) is 4.34. The van der Waals surface area contributed by atoms with E-state index < -0.39 is 21.5 Å². The van der Waals surface area contributed by atoms with Crippen molar-refractivity contribution in [2.45, 2.75) is 122 Å². The Labute approximate surface area is 150 Å². The molecule has 0 aromatic heterocycles. The third kappa shape index (κ3) is 14.2. The van der Waals surface area contributed by atoms with Gasteiger partial charge in [0, 0.05) is 0 Å². The molecule has 0 aliphatic carbocycles. The average molecular weight is 365 g/mol. The molecule has 4 nitrogen and oxygen atoms in total. The van der Waals surface area contributed by atoms with E-state index in [0.29, 0.717) is 19.3 Å². The van der Waals surface area contributed by atoms with E-state index in [0.717, 1.165) is 44.9 Å². The molecule has 0 aliphatic rings. The van der Waals surface area contributed by atoms with Crippen LogP contribution in [0.3, 0.4) is 0 Å². The van der Waals surface area contributed by atoms with Crippen LogP contribution in [0.5, 0.6) is 0 Å². The second-order valence-electron chi connectivity index (χ2n) is 7.13. The zero-order valence-electron chi connectivity index (χ0n) is 15.9. The SMILES string of the molecule is CCCCCCCCC(O)CCC(CCCCCCC)S(=O)(=O)O. The molecule has 0 fully saturated rings. The Hall–Kier alpha value is -0.130. The number of unbranched alkanes of at least 4 members (excludes halogenated alkanes) is 9. The van der Waals surface area contributed by atoms with Crippen molar-refractivity contribution < 1.29 is 18.1 Å². The molecule has 146 valence electrons. The number of rotatable bonds is 17. The Kier molecular flexibility index (Phi) is 15.1. The first-order chi connectivity index (χ1) is 11.4. The summed E-state index contributed by atoms with van der Waals surface area (Å²) in [7, 11) is -4.00. The van der Waals surface area contributed by atoms with Crippen molar-refractivity contribution in [3.05, 3.63) is 0 Å². The summed E-state index contributed by atoms with van der Waals surface area (Å²) in [6.07, 6.45) is 14.0. The fraction of sp³-hybridized carbons (Fsp3) is 1.00. The topological polar surface area (TPSA) is 74.6 Å². The summed E-state index contributed by atoms with van der Waals surface area (Å²) < 4.78 is 32.4. The summed E-state index contributed by atoms with van der Waals surface area (Å²) in [6, 6.07) is 0. The van der Waals surface area contributed by atoms with Gasteiger partial charge in [0.25, 0.3) is 10.1 Å². The van der Waals surface area contributed by atoms with Crippen LogP contribution in [0.4, 0.5) is 0 Å². The van der Waals surface area contributed by atoms with Gasteiger partial charge in [0.2, 0.25) is 0 Å². The van der Waals surface area contributed by atoms with Gasteiger partial charge in [0.1, 0.15) is 0 Å². The molecule has 0 radical (unpaired) electrons. The van der Waals surface area contributed by atoms with Crippen LogP contribution in [-0.4, -0.2) is 29.4 Å². The normalized spacial score (nSPS) is 14.7.